The van der Waals surface area contributed by atoms with Crippen molar-refractivity contribution in [2.24, 2.45) is 0 Å². The fourth-order valence-electron chi connectivity index (χ4n) is 2.33. The Balaban J connectivity index is 1.54. The molecule has 1 aromatic carbocycles. The quantitative estimate of drug-likeness (QED) is 0.445. The molecule has 0 atom stereocenters. The van der Waals surface area contributed by atoms with Crippen LogP contribution >= 0.6 is 11.6 Å². The van der Waals surface area contributed by atoms with Gasteiger partial charge in [-0.25, -0.2) is 4.98 Å². The van der Waals surface area contributed by atoms with Crippen molar-refractivity contribution in [3.05, 3.63) is 53.6 Å². The van der Waals surface area contributed by atoms with E-state index < -0.39 is 12.8 Å². The van der Waals surface area contributed by atoms with Crippen molar-refractivity contribution < 1.29 is 27.0 Å². The van der Waals surface area contributed by atoms with Crippen LogP contribution in [-0.2, 0) is 0 Å². The molecule has 4 aromatic rings. The molecule has 3 heterocycles. The molecule has 148 valence electrons. The first-order valence-corrected chi connectivity index (χ1v) is 8.49. The highest BCUT2D eigenvalue weighted by Gasteiger charge is 2.28. The highest BCUT2D eigenvalue weighted by Crippen LogP contribution is 2.27. The number of pyridine rings is 1. The van der Waals surface area contributed by atoms with Crippen LogP contribution in [0, 0.1) is 0 Å². The normalized spacial score (nSPS) is 11.6. The van der Waals surface area contributed by atoms with E-state index in [1.54, 1.807) is 30.3 Å². The number of aromatic nitrogens is 4. The molecule has 4 rings (SSSR count). The van der Waals surface area contributed by atoms with E-state index >= 15 is 0 Å². The van der Waals surface area contributed by atoms with E-state index in [-0.39, 0.29) is 29.0 Å². The van der Waals surface area contributed by atoms with Gasteiger partial charge >= 0.3 is 6.18 Å². The van der Waals surface area contributed by atoms with E-state index in [9.17, 15) is 13.2 Å². The average Bonchev–Trinajstić information content (AvgIpc) is 3.36. The third kappa shape index (κ3) is 4.54. The Morgan fingerprint density at radius 3 is 2.48 bits per heavy atom. The minimum atomic E-state index is -4.47. The molecule has 29 heavy (non-hydrogen) atoms. The lowest BCUT2D eigenvalue weighted by Crippen LogP contribution is -2.19. The molecule has 0 bridgehead atoms. The third-order valence-electron chi connectivity index (χ3n) is 3.62. The predicted molar refractivity (Wildman–Crippen MR) is 95.0 cm³/mol. The Kier molecular flexibility index (Phi) is 4.93. The summed E-state index contributed by atoms with van der Waals surface area (Å²) in [5.74, 6) is 0.385. The Morgan fingerprint density at radius 1 is 0.931 bits per heavy atom. The van der Waals surface area contributed by atoms with Crippen LogP contribution in [-0.4, -0.2) is 33.1 Å². The van der Waals surface area contributed by atoms with Crippen molar-refractivity contribution in [1.29, 1.82) is 0 Å². The molecule has 0 aliphatic rings. The topological polar surface area (TPSA) is 87.1 Å². The second-order valence-electron chi connectivity index (χ2n) is 5.77. The van der Waals surface area contributed by atoms with Crippen molar-refractivity contribution in [2.45, 2.75) is 6.18 Å². The van der Waals surface area contributed by atoms with Crippen molar-refractivity contribution in [2.75, 3.05) is 6.61 Å². The molecular weight excluding hydrogens is 413 g/mol. The summed E-state index contributed by atoms with van der Waals surface area (Å²) in [6.45, 7) is -1.45. The Labute approximate surface area is 166 Å². The summed E-state index contributed by atoms with van der Waals surface area (Å²) in [5.41, 5.74) is 1.23. The van der Waals surface area contributed by atoms with Gasteiger partial charge < -0.3 is 13.8 Å². The van der Waals surface area contributed by atoms with Crippen LogP contribution in [0.25, 0.3) is 34.4 Å². The van der Waals surface area contributed by atoms with Gasteiger partial charge in [-0.15, -0.1) is 0 Å². The summed E-state index contributed by atoms with van der Waals surface area (Å²) in [6.07, 6.45) is -4.47. The average molecular weight is 423 g/mol. The lowest BCUT2D eigenvalue weighted by Gasteiger charge is -2.08. The smallest absolute Gasteiger partial charge is 0.422 e. The zero-order valence-electron chi connectivity index (χ0n) is 14.4. The SMILES string of the molecule is FC(F)(F)COc1cccc(-c2noc(-c3cc(-c4ccc(Cl)cc4)on3)n2)n1. The summed E-state index contributed by atoms with van der Waals surface area (Å²) in [7, 11) is 0. The van der Waals surface area contributed by atoms with E-state index in [4.69, 9.17) is 20.6 Å². The Hall–Kier alpha value is -3.40. The van der Waals surface area contributed by atoms with E-state index in [0.717, 1.165) is 5.56 Å². The predicted octanol–water partition coefficient (Wildman–Crippen LogP) is 5.05. The van der Waals surface area contributed by atoms with Crippen LogP contribution in [0.1, 0.15) is 0 Å². The first kappa shape index (κ1) is 18.9. The molecule has 7 nitrogen and oxygen atoms in total. The number of rotatable bonds is 5. The van der Waals surface area contributed by atoms with Gasteiger partial charge in [-0.3, -0.25) is 0 Å². The Morgan fingerprint density at radius 2 is 1.72 bits per heavy atom. The zero-order valence-corrected chi connectivity index (χ0v) is 15.1. The van der Waals surface area contributed by atoms with Crippen molar-refractivity contribution in [1.82, 2.24) is 20.3 Å². The molecule has 3 aromatic heterocycles. The molecule has 0 N–H and O–H groups in total. The summed E-state index contributed by atoms with van der Waals surface area (Å²) in [6, 6.07) is 12.8. The maximum atomic E-state index is 12.3. The number of ether oxygens (including phenoxy) is 1. The minimum absolute atomic E-state index is 0.0624. The van der Waals surface area contributed by atoms with Crippen LogP contribution in [0.4, 0.5) is 13.2 Å². The van der Waals surface area contributed by atoms with Crippen molar-refractivity contribution >= 4 is 11.6 Å². The molecule has 0 radical (unpaired) electrons. The molecule has 0 aliphatic heterocycles. The number of halogens is 4. The van der Waals surface area contributed by atoms with Gasteiger partial charge in [-0.05, 0) is 30.3 Å². The Bertz CT molecular complexity index is 1130. The summed E-state index contributed by atoms with van der Waals surface area (Å²) in [4.78, 5) is 8.11. The summed E-state index contributed by atoms with van der Waals surface area (Å²) >= 11 is 5.86. The molecule has 0 aliphatic carbocycles. The summed E-state index contributed by atoms with van der Waals surface area (Å²) in [5, 5.41) is 8.26. The molecule has 0 saturated heterocycles. The highest BCUT2D eigenvalue weighted by atomic mass is 35.5. The molecule has 0 fully saturated rings. The van der Waals surface area contributed by atoms with Gasteiger partial charge in [-0.1, -0.05) is 28.0 Å². The van der Waals surface area contributed by atoms with Crippen molar-refractivity contribution in [3.8, 4) is 40.3 Å². The largest absolute Gasteiger partial charge is 0.468 e. The lowest BCUT2D eigenvalue weighted by atomic mass is 10.1. The molecular formula is C18H10ClF3N4O3. The lowest BCUT2D eigenvalue weighted by molar-refractivity contribution is -0.154. The van der Waals surface area contributed by atoms with Gasteiger partial charge in [0.1, 0.15) is 5.69 Å². The number of nitrogens with zero attached hydrogens (tertiary/aromatic N) is 4. The van der Waals surface area contributed by atoms with Gasteiger partial charge in [0.2, 0.25) is 11.7 Å². The van der Waals surface area contributed by atoms with Crippen LogP contribution in [0.5, 0.6) is 5.88 Å². The highest BCUT2D eigenvalue weighted by molar-refractivity contribution is 6.30. The second-order valence-corrected chi connectivity index (χ2v) is 6.21. The monoisotopic (exact) mass is 422 g/mol. The number of alkyl halides is 3. The fourth-order valence-corrected chi connectivity index (χ4v) is 2.46. The van der Waals surface area contributed by atoms with Crippen LogP contribution in [0.3, 0.4) is 0 Å². The van der Waals surface area contributed by atoms with Crippen LogP contribution in [0.15, 0.2) is 57.6 Å². The first-order valence-electron chi connectivity index (χ1n) is 8.11. The zero-order chi connectivity index (χ0) is 20.4. The molecule has 0 spiro atoms. The van der Waals surface area contributed by atoms with Gasteiger partial charge in [0.25, 0.3) is 5.89 Å². The molecule has 11 heteroatoms. The van der Waals surface area contributed by atoms with E-state index in [0.29, 0.717) is 10.8 Å². The molecule has 0 unspecified atom stereocenters. The number of benzene rings is 1. The van der Waals surface area contributed by atoms with Crippen LogP contribution in [0.2, 0.25) is 5.02 Å². The maximum absolute atomic E-state index is 12.3. The molecule has 0 saturated carbocycles. The van der Waals surface area contributed by atoms with Gasteiger partial charge in [0, 0.05) is 22.7 Å². The van der Waals surface area contributed by atoms with Gasteiger partial charge in [0.15, 0.2) is 18.1 Å². The van der Waals surface area contributed by atoms with Crippen molar-refractivity contribution in [3.63, 3.8) is 0 Å². The standard InChI is InChI=1S/C18H10ClF3N4O3/c19-11-6-4-10(5-7-11)14-8-13(25-28-14)17-24-16(26-29-17)12-2-1-3-15(23-12)27-9-18(20,21)22/h1-8H,9H2. The third-order valence-corrected chi connectivity index (χ3v) is 3.87. The maximum Gasteiger partial charge on any atom is 0.422 e. The minimum Gasteiger partial charge on any atom is -0.468 e. The second kappa shape index (κ2) is 7.55. The van der Waals surface area contributed by atoms with Crippen LogP contribution < -0.4 is 4.74 Å². The van der Waals surface area contributed by atoms with E-state index in [1.165, 1.54) is 18.2 Å². The van der Waals surface area contributed by atoms with Gasteiger partial charge in [0.05, 0.1) is 0 Å². The van der Waals surface area contributed by atoms with E-state index in [1.807, 2.05) is 0 Å². The number of hydrogen-bond donors (Lipinski definition) is 0. The first-order chi connectivity index (χ1) is 13.9. The fraction of sp³-hybridized carbons (Fsp3) is 0.111. The van der Waals surface area contributed by atoms with Gasteiger partial charge in [-0.2, -0.15) is 18.2 Å². The number of hydrogen-bond acceptors (Lipinski definition) is 7. The molecule has 0 amide bonds. The van der Waals surface area contributed by atoms with E-state index in [2.05, 4.69) is 25.0 Å². The summed E-state index contributed by atoms with van der Waals surface area (Å²) < 4.78 is 51.9.